The lowest BCUT2D eigenvalue weighted by molar-refractivity contribution is 0.120. The highest BCUT2D eigenvalue weighted by atomic mass is 19.1. The zero-order chi connectivity index (χ0) is 18.1. The Labute approximate surface area is 151 Å². The molecule has 2 heterocycles. The van der Waals surface area contributed by atoms with Gasteiger partial charge in [-0.1, -0.05) is 24.3 Å². The van der Waals surface area contributed by atoms with Crippen LogP contribution in [0.5, 0.6) is 5.75 Å². The molecule has 2 atom stereocenters. The molecule has 0 spiro atoms. The second-order valence-corrected chi connectivity index (χ2v) is 6.92. The van der Waals surface area contributed by atoms with Crippen LogP contribution >= 0.6 is 0 Å². The topological polar surface area (TPSA) is 53.0 Å². The van der Waals surface area contributed by atoms with Gasteiger partial charge in [-0.2, -0.15) is 0 Å². The lowest BCUT2D eigenvalue weighted by atomic mass is 10.1. The second-order valence-electron chi connectivity index (χ2n) is 6.92. The van der Waals surface area contributed by atoms with Gasteiger partial charge < -0.3 is 9.84 Å². The van der Waals surface area contributed by atoms with E-state index in [0.29, 0.717) is 26.1 Å². The number of hydrogen-bond donors (Lipinski definition) is 1. The van der Waals surface area contributed by atoms with E-state index in [-0.39, 0.29) is 29.8 Å². The first kappa shape index (κ1) is 16.8. The number of ether oxygens (including phenoxy) is 1. The Morgan fingerprint density at radius 3 is 2.69 bits per heavy atom. The molecule has 26 heavy (non-hydrogen) atoms. The largest absolute Gasteiger partial charge is 0.508 e. The van der Waals surface area contributed by atoms with E-state index in [1.807, 2.05) is 12.1 Å². The SMILES string of the molecule is O=C1O[C@@H]2CN(Cc3cccc(O)c3)C[C@@H]2N1CCc1ccc(F)cc1. The number of fused-ring (bicyclic) bond motifs is 1. The van der Waals surface area contributed by atoms with Gasteiger partial charge in [-0.25, -0.2) is 9.18 Å². The number of hydrogen-bond acceptors (Lipinski definition) is 4. The minimum atomic E-state index is -0.265. The third-order valence-electron chi connectivity index (χ3n) is 5.07. The number of carbonyl (C=O) groups is 1. The molecule has 1 N–H and O–H groups in total. The molecule has 0 radical (unpaired) electrons. The highest BCUT2D eigenvalue weighted by Gasteiger charge is 2.47. The first-order chi connectivity index (χ1) is 12.6. The summed E-state index contributed by atoms with van der Waals surface area (Å²) in [6.07, 6.45) is 0.290. The molecule has 0 aliphatic carbocycles. The van der Waals surface area contributed by atoms with Crippen molar-refractivity contribution < 1.29 is 19.0 Å². The van der Waals surface area contributed by atoms with Gasteiger partial charge >= 0.3 is 6.09 Å². The van der Waals surface area contributed by atoms with E-state index in [1.54, 1.807) is 29.2 Å². The molecule has 1 amide bonds. The molecule has 0 saturated carbocycles. The minimum Gasteiger partial charge on any atom is -0.508 e. The molecule has 136 valence electrons. The summed E-state index contributed by atoms with van der Waals surface area (Å²) in [5.41, 5.74) is 2.03. The maximum atomic E-state index is 13.0. The lowest BCUT2D eigenvalue weighted by Crippen LogP contribution is -2.39. The molecule has 0 unspecified atom stereocenters. The van der Waals surface area contributed by atoms with Crippen LogP contribution in [-0.2, 0) is 17.7 Å². The minimum absolute atomic E-state index is 0.0419. The van der Waals surface area contributed by atoms with Gasteiger partial charge in [0.15, 0.2) is 0 Å². The number of phenols is 1. The molecule has 5 nitrogen and oxygen atoms in total. The lowest BCUT2D eigenvalue weighted by Gasteiger charge is -2.22. The normalized spacial score (nSPS) is 22.5. The monoisotopic (exact) mass is 356 g/mol. The number of phenolic OH excluding ortho intramolecular Hbond substituents is 1. The Morgan fingerprint density at radius 1 is 1.12 bits per heavy atom. The molecule has 2 aromatic rings. The van der Waals surface area contributed by atoms with Crippen molar-refractivity contribution in [3.63, 3.8) is 0 Å². The van der Waals surface area contributed by atoms with E-state index in [0.717, 1.165) is 17.7 Å². The average molecular weight is 356 g/mol. The van der Waals surface area contributed by atoms with Crippen LogP contribution in [0.2, 0.25) is 0 Å². The van der Waals surface area contributed by atoms with Crippen molar-refractivity contribution >= 4 is 6.09 Å². The number of aromatic hydroxyl groups is 1. The van der Waals surface area contributed by atoms with Crippen LogP contribution in [-0.4, -0.2) is 52.8 Å². The molecule has 2 fully saturated rings. The van der Waals surface area contributed by atoms with E-state index < -0.39 is 0 Å². The van der Waals surface area contributed by atoms with Crippen LogP contribution in [0.1, 0.15) is 11.1 Å². The van der Waals surface area contributed by atoms with Gasteiger partial charge in [0, 0.05) is 26.2 Å². The van der Waals surface area contributed by atoms with E-state index in [9.17, 15) is 14.3 Å². The molecule has 4 rings (SSSR count). The number of likely N-dealkylation sites (tertiary alicyclic amines) is 1. The predicted molar refractivity (Wildman–Crippen MR) is 94.3 cm³/mol. The molecular weight excluding hydrogens is 335 g/mol. The van der Waals surface area contributed by atoms with Crippen molar-refractivity contribution in [2.24, 2.45) is 0 Å². The van der Waals surface area contributed by atoms with Crippen molar-refractivity contribution in [2.75, 3.05) is 19.6 Å². The van der Waals surface area contributed by atoms with Crippen LogP contribution in [0.4, 0.5) is 9.18 Å². The molecule has 0 aromatic heterocycles. The molecule has 2 aromatic carbocycles. The average Bonchev–Trinajstić information content (AvgIpc) is 3.11. The molecule has 2 aliphatic rings. The molecule has 6 heteroatoms. The van der Waals surface area contributed by atoms with Crippen molar-refractivity contribution in [1.29, 1.82) is 0 Å². The molecular formula is C20H21FN2O3. The molecule has 2 saturated heterocycles. The standard InChI is InChI=1S/C20H21FN2O3/c21-16-6-4-14(5-7-16)8-9-23-18-12-22(13-19(18)26-20(23)25)11-15-2-1-3-17(24)10-15/h1-7,10,18-19,24H,8-9,11-13H2/t18-,19+/m0/s1. The number of benzene rings is 2. The van der Waals surface area contributed by atoms with Gasteiger partial charge in [-0.15, -0.1) is 0 Å². The first-order valence-corrected chi connectivity index (χ1v) is 8.80. The van der Waals surface area contributed by atoms with Crippen molar-refractivity contribution in [2.45, 2.75) is 25.1 Å². The third kappa shape index (κ3) is 3.51. The summed E-state index contributed by atoms with van der Waals surface area (Å²) in [5.74, 6) is 0.00187. The smallest absolute Gasteiger partial charge is 0.410 e. The Morgan fingerprint density at radius 2 is 1.92 bits per heavy atom. The van der Waals surface area contributed by atoms with Crippen LogP contribution in [0, 0.1) is 5.82 Å². The quantitative estimate of drug-likeness (QED) is 0.895. The summed E-state index contributed by atoms with van der Waals surface area (Å²) >= 11 is 0. The number of rotatable bonds is 5. The van der Waals surface area contributed by atoms with Crippen molar-refractivity contribution in [3.8, 4) is 5.75 Å². The van der Waals surface area contributed by atoms with E-state index >= 15 is 0 Å². The van der Waals surface area contributed by atoms with Crippen LogP contribution < -0.4 is 0 Å². The first-order valence-electron chi connectivity index (χ1n) is 8.80. The fourth-order valence-corrected chi connectivity index (χ4v) is 3.78. The summed E-state index contributed by atoms with van der Waals surface area (Å²) in [7, 11) is 0. The highest BCUT2D eigenvalue weighted by molar-refractivity contribution is 5.71. The Balaban J connectivity index is 1.37. The molecule has 0 bridgehead atoms. The Hall–Kier alpha value is -2.60. The van der Waals surface area contributed by atoms with Gasteiger partial charge in [0.1, 0.15) is 17.7 Å². The van der Waals surface area contributed by atoms with E-state index in [1.165, 1.54) is 12.1 Å². The fourth-order valence-electron chi connectivity index (χ4n) is 3.78. The highest BCUT2D eigenvalue weighted by Crippen LogP contribution is 2.28. The van der Waals surface area contributed by atoms with E-state index in [2.05, 4.69) is 4.90 Å². The summed E-state index contributed by atoms with van der Waals surface area (Å²) < 4.78 is 18.5. The van der Waals surface area contributed by atoms with Gasteiger partial charge in [-0.3, -0.25) is 9.80 Å². The number of amides is 1. The zero-order valence-electron chi connectivity index (χ0n) is 14.3. The maximum Gasteiger partial charge on any atom is 0.410 e. The second kappa shape index (κ2) is 6.96. The van der Waals surface area contributed by atoms with Crippen LogP contribution in [0.25, 0.3) is 0 Å². The maximum absolute atomic E-state index is 13.0. The van der Waals surface area contributed by atoms with Gasteiger partial charge in [-0.05, 0) is 41.8 Å². The summed E-state index contributed by atoms with van der Waals surface area (Å²) in [4.78, 5) is 16.2. The van der Waals surface area contributed by atoms with Gasteiger partial charge in [0.25, 0.3) is 0 Å². The van der Waals surface area contributed by atoms with Crippen LogP contribution in [0.15, 0.2) is 48.5 Å². The Bertz CT molecular complexity index is 796. The summed E-state index contributed by atoms with van der Waals surface area (Å²) in [6, 6.07) is 13.6. The molecule has 2 aliphatic heterocycles. The number of carbonyl (C=O) groups excluding carboxylic acids is 1. The van der Waals surface area contributed by atoms with Crippen LogP contribution in [0.3, 0.4) is 0 Å². The van der Waals surface area contributed by atoms with Gasteiger partial charge in [0.05, 0.1) is 6.04 Å². The Kier molecular flexibility index (Phi) is 4.51. The summed E-state index contributed by atoms with van der Waals surface area (Å²) in [5, 5.41) is 9.60. The van der Waals surface area contributed by atoms with Gasteiger partial charge in [0.2, 0.25) is 0 Å². The number of halogens is 1. The predicted octanol–water partition coefficient (Wildman–Crippen LogP) is 2.78. The van der Waals surface area contributed by atoms with Crippen molar-refractivity contribution in [1.82, 2.24) is 9.80 Å². The van der Waals surface area contributed by atoms with Crippen molar-refractivity contribution in [3.05, 3.63) is 65.5 Å². The number of nitrogens with zero attached hydrogens (tertiary/aromatic N) is 2. The zero-order valence-corrected chi connectivity index (χ0v) is 14.3. The summed E-state index contributed by atoms with van der Waals surface area (Å²) in [6.45, 7) is 2.71. The van der Waals surface area contributed by atoms with E-state index in [4.69, 9.17) is 4.74 Å². The third-order valence-corrected chi connectivity index (χ3v) is 5.07. The fraction of sp³-hybridized carbons (Fsp3) is 0.350.